The molecule has 0 aromatic heterocycles. The van der Waals surface area contributed by atoms with Crippen LogP contribution in [0.3, 0.4) is 0 Å². The molecular weight excluding hydrogens is 202 g/mol. The molecule has 0 amide bonds. The van der Waals surface area contributed by atoms with Gasteiger partial charge in [-0.1, -0.05) is 11.2 Å². The van der Waals surface area contributed by atoms with Crippen molar-refractivity contribution in [2.24, 2.45) is 5.11 Å². The minimum Gasteiger partial charge on any atom is -0.375 e. The van der Waals surface area contributed by atoms with Crippen LogP contribution in [0.25, 0.3) is 10.4 Å². The molecule has 0 spiro atoms. The van der Waals surface area contributed by atoms with Gasteiger partial charge in [-0.25, -0.2) is 0 Å². The van der Waals surface area contributed by atoms with E-state index in [-0.39, 0.29) is 0 Å². The number of benzene rings is 1. The molecule has 5 heteroatoms. The number of nitriles is 1. The first-order valence-electron chi connectivity index (χ1n) is 5.00. The second-order valence-electron chi connectivity index (χ2n) is 3.39. The highest BCUT2D eigenvalue weighted by Gasteiger charge is 2.00. The maximum Gasteiger partial charge on any atom is 0.0992 e. The first-order chi connectivity index (χ1) is 7.77. The van der Waals surface area contributed by atoms with E-state index >= 15 is 0 Å². The molecule has 1 aromatic carbocycles. The molecule has 0 saturated carbocycles. The van der Waals surface area contributed by atoms with Crippen molar-refractivity contribution in [3.63, 3.8) is 0 Å². The lowest BCUT2D eigenvalue weighted by molar-refractivity contribution is 0.792. The summed E-state index contributed by atoms with van der Waals surface area (Å²) in [7, 11) is 1.95. The average molecular weight is 215 g/mol. The fourth-order valence-electron chi connectivity index (χ4n) is 1.37. The summed E-state index contributed by atoms with van der Waals surface area (Å²) < 4.78 is 0. The van der Waals surface area contributed by atoms with E-state index in [1.165, 1.54) is 0 Å². The third-order valence-corrected chi connectivity index (χ3v) is 2.23. The van der Waals surface area contributed by atoms with Crippen molar-refractivity contribution >= 4 is 5.69 Å². The summed E-state index contributed by atoms with van der Waals surface area (Å²) in [4.78, 5) is 4.73. The van der Waals surface area contributed by atoms with E-state index < -0.39 is 0 Å². The SMILES string of the molecule is CN(CCCN=[N+]=[N-])c1cccc(C#N)c1. The lowest BCUT2D eigenvalue weighted by Gasteiger charge is -2.18. The normalized spacial score (nSPS) is 9.00. The van der Waals surface area contributed by atoms with Crippen molar-refractivity contribution in [3.05, 3.63) is 40.3 Å². The Morgan fingerprint density at radius 2 is 2.38 bits per heavy atom. The fraction of sp³-hybridized carbons (Fsp3) is 0.364. The van der Waals surface area contributed by atoms with Crippen molar-refractivity contribution in [2.75, 3.05) is 25.0 Å². The third-order valence-electron chi connectivity index (χ3n) is 2.23. The molecule has 0 heterocycles. The second kappa shape index (κ2) is 6.33. The molecule has 0 N–H and O–H groups in total. The predicted molar refractivity (Wildman–Crippen MR) is 63.1 cm³/mol. The van der Waals surface area contributed by atoms with Crippen LogP contribution in [-0.4, -0.2) is 20.1 Å². The molecule has 0 atom stereocenters. The third kappa shape index (κ3) is 3.52. The first-order valence-corrected chi connectivity index (χ1v) is 5.00. The summed E-state index contributed by atoms with van der Waals surface area (Å²) in [6, 6.07) is 9.53. The van der Waals surface area contributed by atoms with Crippen LogP contribution in [0.4, 0.5) is 5.69 Å². The topological polar surface area (TPSA) is 75.8 Å². The molecule has 0 radical (unpaired) electrons. The Morgan fingerprint density at radius 1 is 1.56 bits per heavy atom. The number of rotatable bonds is 5. The zero-order chi connectivity index (χ0) is 11.8. The van der Waals surface area contributed by atoms with Gasteiger partial charge in [0.05, 0.1) is 11.6 Å². The van der Waals surface area contributed by atoms with Gasteiger partial charge in [-0.2, -0.15) is 5.26 Å². The van der Waals surface area contributed by atoms with Gasteiger partial charge in [0.15, 0.2) is 0 Å². The van der Waals surface area contributed by atoms with Gasteiger partial charge in [-0.15, -0.1) is 0 Å². The molecule has 1 rings (SSSR count). The van der Waals surface area contributed by atoms with Gasteiger partial charge in [0, 0.05) is 30.7 Å². The van der Waals surface area contributed by atoms with Crippen LogP contribution in [0.1, 0.15) is 12.0 Å². The molecule has 16 heavy (non-hydrogen) atoms. The van der Waals surface area contributed by atoms with Crippen LogP contribution in [-0.2, 0) is 0 Å². The molecule has 0 fully saturated rings. The maximum atomic E-state index is 8.77. The number of nitrogens with zero attached hydrogens (tertiary/aromatic N) is 5. The highest BCUT2D eigenvalue weighted by atomic mass is 15.1. The Hall–Kier alpha value is -2.18. The van der Waals surface area contributed by atoms with E-state index in [0.717, 1.165) is 18.7 Å². The van der Waals surface area contributed by atoms with Crippen molar-refractivity contribution in [1.29, 1.82) is 5.26 Å². The zero-order valence-electron chi connectivity index (χ0n) is 9.17. The fourth-order valence-corrected chi connectivity index (χ4v) is 1.37. The number of anilines is 1. The quantitative estimate of drug-likeness (QED) is 0.327. The highest BCUT2D eigenvalue weighted by Crippen LogP contribution is 2.14. The molecule has 0 aliphatic rings. The average Bonchev–Trinajstić information content (AvgIpc) is 2.34. The smallest absolute Gasteiger partial charge is 0.0992 e. The Labute approximate surface area is 94.5 Å². The van der Waals surface area contributed by atoms with E-state index in [1.54, 1.807) is 6.07 Å². The van der Waals surface area contributed by atoms with Crippen molar-refractivity contribution in [3.8, 4) is 6.07 Å². The van der Waals surface area contributed by atoms with E-state index in [1.807, 2.05) is 30.1 Å². The Balaban J connectivity index is 2.55. The van der Waals surface area contributed by atoms with Crippen LogP contribution >= 0.6 is 0 Å². The van der Waals surface area contributed by atoms with Gasteiger partial charge in [-0.3, -0.25) is 0 Å². The van der Waals surface area contributed by atoms with E-state index in [2.05, 4.69) is 16.1 Å². The van der Waals surface area contributed by atoms with Crippen LogP contribution in [0.15, 0.2) is 29.4 Å². The zero-order valence-corrected chi connectivity index (χ0v) is 9.17. The van der Waals surface area contributed by atoms with Crippen molar-refractivity contribution in [1.82, 2.24) is 0 Å². The van der Waals surface area contributed by atoms with Crippen LogP contribution in [0, 0.1) is 11.3 Å². The molecule has 0 bridgehead atoms. The largest absolute Gasteiger partial charge is 0.375 e. The monoisotopic (exact) mass is 215 g/mol. The lowest BCUT2D eigenvalue weighted by Crippen LogP contribution is -2.19. The Bertz CT molecular complexity index is 428. The molecule has 5 nitrogen and oxygen atoms in total. The standard InChI is InChI=1S/C11H13N5/c1-16(7-3-6-14-15-13)11-5-2-4-10(8-11)9-12/h2,4-5,8H,3,6-7H2,1H3. The van der Waals surface area contributed by atoms with Gasteiger partial charge in [0.1, 0.15) is 0 Å². The number of hydrogen-bond donors (Lipinski definition) is 0. The Morgan fingerprint density at radius 3 is 3.06 bits per heavy atom. The van der Waals surface area contributed by atoms with Gasteiger partial charge in [-0.05, 0) is 30.2 Å². The van der Waals surface area contributed by atoms with Gasteiger partial charge in [0.25, 0.3) is 0 Å². The van der Waals surface area contributed by atoms with Crippen LogP contribution in [0.5, 0.6) is 0 Å². The summed E-state index contributed by atoms with van der Waals surface area (Å²) in [6.45, 7) is 1.30. The number of azide groups is 1. The summed E-state index contributed by atoms with van der Waals surface area (Å²) in [5.41, 5.74) is 9.78. The van der Waals surface area contributed by atoms with Crippen molar-refractivity contribution < 1.29 is 0 Å². The molecule has 0 aliphatic heterocycles. The molecule has 0 unspecified atom stereocenters. The van der Waals surface area contributed by atoms with E-state index in [4.69, 9.17) is 10.8 Å². The number of hydrogen-bond acceptors (Lipinski definition) is 3. The summed E-state index contributed by atoms with van der Waals surface area (Å²) in [6.07, 6.45) is 0.803. The second-order valence-corrected chi connectivity index (χ2v) is 3.39. The van der Waals surface area contributed by atoms with Crippen LogP contribution < -0.4 is 4.90 Å². The van der Waals surface area contributed by atoms with Gasteiger partial charge < -0.3 is 4.90 Å². The summed E-state index contributed by atoms with van der Waals surface area (Å²) >= 11 is 0. The van der Waals surface area contributed by atoms with Crippen molar-refractivity contribution in [2.45, 2.75) is 6.42 Å². The molecule has 0 saturated heterocycles. The Kier molecular flexibility index (Phi) is 4.71. The summed E-state index contributed by atoms with van der Waals surface area (Å²) in [5, 5.41) is 12.2. The van der Waals surface area contributed by atoms with E-state index in [9.17, 15) is 0 Å². The lowest BCUT2D eigenvalue weighted by atomic mass is 10.2. The summed E-state index contributed by atoms with van der Waals surface area (Å²) in [5.74, 6) is 0. The molecule has 82 valence electrons. The first kappa shape index (κ1) is 11.9. The molecule has 0 aliphatic carbocycles. The maximum absolute atomic E-state index is 8.77. The molecular formula is C11H13N5. The van der Waals surface area contributed by atoms with Crippen LogP contribution in [0.2, 0.25) is 0 Å². The van der Waals surface area contributed by atoms with E-state index in [0.29, 0.717) is 12.1 Å². The van der Waals surface area contributed by atoms with Gasteiger partial charge >= 0.3 is 0 Å². The predicted octanol–water partition coefficient (Wildman–Crippen LogP) is 2.69. The molecule has 1 aromatic rings. The minimum atomic E-state index is 0.499. The minimum absolute atomic E-state index is 0.499. The van der Waals surface area contributed by atoms with Gasteiger partial charge in [0.2, 0.25) is 0 Å². The highest BCUT2D eigenvalue weighted by molar-refractivity contribution is 5.50.